The van der Waals surface area contributed by atoms with Gasteiger partial charge in [0.1, 0.15) is 5.82 Å². The van der Waals surface area contributed by atoms with Crippen LogP contribution >= 0.6 is 0 Å². The smallest absolute Gasteiger partial charge is 0.154 e. The molecule has 4 heterocycles. The molecule has 4 rings (SSSR count). The molecule has 3 N–H and O–H groups in total. The highest BCUT2D eigenvalue weighted by Crippen LogP contribution is 2.21. The van der Waals surface area contributed by atoms with Crippen molar-refractivity contribution in [2.75, 3.05) is 39.1 Å². The van der Waals surface area contributed by atoms with Gasteiger partial charge in [0, 0.05) is 49.7 Å². The second-order valence-corrected chi connectivity index (χ2v) is 8.29. The molecule has 3 aromatic rings. The summed E-state index contributed by atoms with van der Waals surface area (Å²) in [5, 5.41) is 7.74. The summed E-state index contributed by atoms with van der Waals surface area (Å²) in [5.74, 6) is 1.83. The Labute approximate surface area is 188 Å². The molecule has 0 aromatic carbocycles. The van der Waals surface area contributed by atoms with Crippen LogP contribution < -0.4 is 11.1 Å². The number of aryl methyl sites for hydroxylation is 1. The van der Waals surface area contributed by atoms with E-state index in [-0.39, 0.29) is 6.10 Å². The van der Waals surface area contributed by atoms with Crippen LogP contribution in [0.4, 0.5) is 11.6 Å². The molecule has 168 valence electrons. The molecule has 1 aliphatic heterocycles. The van der Waals surface area contributed by atoms with Gasteiger partial charge < -0.3 is 20.7 Å². The summed E-state index contributed by atoms with van der Waals surface area (Å²) < 4.78 is 8.00. The van der Waals surface area contributed by atoms with E-state index in [9.17, 15) is 0 Å². The van der Waals surface area contributed by atoms with Crippen molar-refractivity contribution in [1.82, 2.24) is 24.5 Å². The summed E-state index contributed by atoms with van der Waals surface area (Å²) >= 11 is 0. The normalized spacial score (nSPS) is 20.2. The SMILES string of the molecule is CN=C(/C(=C\N)CO[C@@H]1CN(C)C[C@H]1C)c1ccn2nc(Nc3cnc(C)cn3)cc2c1. The first kappa shape index (κ1) is 21.9. The number of likely N-dealkylation sites (tertiary alicyclic amines) is 1. The summed E-state index contributed by atoms with van der Waals surface area (Å²) in [6.45, 7) is 6.52. The fourth-order valence-corrected chi connectivity index (χ4v) is 4.03. The van der Waals surface area contributed by atoms with Crippen LogP contribution in [0.3, 0.4) is 0 Å². The van der Waals surface area contributed by atoms with Crippen molar-refractivity contribution in [1.29, 1.82) is 0 Å². The molecule has 1 fully saturated rings. The van der Waals surface area contributed by atoms with Crippen LogP contribution in [0.2, 0.25) is 0 Å². The number of fused-ring (bicyclic) bond motifs is 1. The van der Waals surface area contributed by atoms with Gasteiger partial charge in [0.15, 0.2) is 5.82 Å². The average molecular weight is 435 g/mol. The molecule has 1 aliphatic rings. The molecule has 0 bridgehead atoms. The molecular formula is C23H30N8O. The minimum atomic E-state index is 0.198. The predicted molar refractivity (Wildman–Crippen MR) is 126 cm³/mol. The number of pyridine rings is 1. The second-order valence-electron chi connectivity index (χ2n) is 8.29. The van der Waals surface area contributed by atoms with Gasteiger partial charge in [0.2, 0.25) is 0 Å². The largest absolute Gasteiger partial charge is 0.404 e. The molecule has 0 unspecified atom stereocenters. The van der Waals surface area contributed by atoms with Crippen molar-refractivity contribution in [2.45, 2.75) is 20.0 Å². The Balaban J connectivity index is 1.50. The van der Waals surface area contributed by atoms with Crippen LogP contribution in [0, 0.1) is 12.8 Å². The molecule has 9 heteroatoms. The maximum Gasteiger partial charge on any atom is 0.154 e. The zero-order chi connectivity index (χ0) is 22.7. The number of anilines is 2. The van der Waals surface area contributed by atoms with Crippen molar-refractivity contribution in [3.63, 3.8) is 0 Å². The molecule has 9 nitrogen and oxygen atoms in total. The van der Waals surface area contributed by atoms with Gasteiger partial charge in [-0.1, -0.05) is 6.92 Å². The van der Waals surface area contributed by atoms with Crippen LogP contribution in [0.25, 0.3) is 5.52 Å². The van der Waals surface area contributed by atoms with E-state index >= 15 is 0 Å². The molecule has 0 radical (unpaired) electrons. The Bertz CT molecular complexity index is 1130. The van der Waals surface area contributed by atoms with E-state index in [1.807, 2.05) is 31.3 Å². The number of nitrogens with two attached hydrogens (primary N) is 1. The lowest BCUT2D eigenvalue weighted by Gasteiger charge is -2.18. The van der Waals surface area contributed by atoms with Gasteiger partial charge in [-0.3, -0.25) is 9.98 Å². The van der Waals surface area contributed by atoms with Crippen molar-refractivity contribution >= 4 is 22.9 Å². The standard InChI is InChI=1S/C23H30N8O/c1-15-12-30(4)13-20(15)32-14-18(9-24)23(25-3)17-5-6-31-19(7-17)8-21(29-31)28-22-11-26-16(2)10-27-22/h5-11,15,20H,12-14,24H2,1-4H3,(H,27,28,29)/b18-9-,25-23?/t15-,20-/m1/s1. The van der Waals surface area contributed by atoms with Crippen LogP contribution in [-0.2, 0) is 4.74 Å². The number of nitrogens with zero attached hydrogens (tertiary/aromatic N) is 6. The van der Waals surface area contributed by atoms with E-state index in [1.54, 1.807) is 30.2 Å². The highest BCUT2D eigenvalue weighted by atomic mass is 16.5. The minimum absolute atomic E-state index is 0.198. The van der Waals surface area contributed by atoms with Gasteiger partial charge in [0.25, 0.3) is 0 Å². The number of nitrogens with one attached hydrogen (secondary N) is 1. The van der Waals surface area contributed by atoms with Crippen molar-refractivity contribution < 1.29 is 4.74 Å². The molecule has 3 aromatic heterocycles. The second kappa shape index (κ2) is 9.46. The van der Waals surface area contributed by atoms with Gasteiger partial charge >= 0.3 is 0 Å². The first-order valence-electron chi connectivity index (χ1n) is 10.7. The lowest BCUT2D eigenvalue weighted by Crippen LogP contribution is -2.24. The molecule has 32 heavy (non-hydrogen) atoms. The zero-order valence-electron chi connectivity index (χ0n) is 19.0. The molecule has 0 spiro atoms. The summed E-state index contributed by atoms with van der Waals surface area (Å²) in [4.78, 5) is 15.4. The quantitative estimate of drug-likeness (QED) is 0.550. The summed E-state index contributed by atoms with van der Waals surface area (Å²) in [5.41, 5.74) is 10.4. The Morgan fingerprint density at radius 3 is 2.78 bits per heavy atom. The Kier molecular flexibility index (Phi) is 6.48. The Hall–Kier alpha value is -3.30. The number of rotatable bonds is 7. The molecule has 0 aliphatic carbocycles. The fourth-order valence-electron chi connectivity index (χ4n) is 4.03. The Morgan fingerprint density at radius 1 is 1.28 bits per heavy atom. The lowest BCUT2D eigenvalue weighted by molar-refractivity contribution is 0.0565. The van der Waals surface area contributed by atoms with Crippen LogP contribution in [0.5, 0.6) is 0 Å². The highest BCUT2D eigenvalue weighted by molar-refractivity contribution is 6.13. The number of likely N-dealkylation sites (N-methyl/N-ethyl adjacent to an activating group) is 1. The van der Waals surface area contributed by atoms with Gasteiger partial charge in [-0.25, -0.2) is 9.50 Å². The van der Waals surface area contributed by atoms with E-state index in [1.165, 1.54) is 0 Å². The first-order valence-corrected chi connectivity index (χ1v) is 10.7. The monoisotopic (exact) mass is 434 g/mol. The number of aromatic nitrogens is 4. The van der Waals surface area contributed by atoms with Crippen molar-refractivity contribution in [2.24, 2.45) is 16.6 Å². The van der Waals surface area contributed by atoms with Crippen molar-refractivity contribution in [3.8, 4) is 0 Å². The molecular weight excluding hydrogens is 404 g/mol. The summed E-state index contributed by atoms with van der Waals surface area (Å²) in [7, 11) is 3.89. The van der Waals surface area contributed by atoms with Crippen LogP contribution in [0.1, 0.15) is 18.2 Å². The van der Waals surface area contributed by atoms with Crippen molar-refractivity contribution in [3.05, 3.63) is 59.8 Å². The molecule has 2 atom stereocenters. The first-order chi connectivity index (χ1) is 15.5. The summed E-state index contributed by atoms with van der Waals surface area (Å²) in [6.07, 6.45) is 7.10. The van der Waals surface area contributed by atoms with E-state index in [4.69, 9.17) is 10.5 Å². The van der Waals surface area contributed by atoms with Gasteiger partial charge in [0.05, 0.1) is 42.0 Å². The van der Waals surface area contributed by atoms with E-state index in [2.05, 4.69) is 44.2 Å². The number of hydrogen-bond donors (Lipinski definition) is 2. The molecule has 0 amide bonds. The molecule has 1 saturated heterocycles. The van der Waals surface area contributed by atoms with Crippen LogP contribution in [-0.4, -0.2) is 70.1 Å². The van der Waals surface area contributed by atoms with Crippen LogP contribution in [0.15, 0.2) is 53.6 Å². The van der Waals surface area contributed by atoms with Gasteiger partial charge in [-0.2, -0.15) is 5.10 Å². The maximum absolute atomic E-state index is 6.20. The Morgan fingerprint density at radius 2 is 2.12 bits per heavy atom. The number of ether oxygens (including phenoxy) is 1. The third-order valence-corrected chi connectivity index (χ3v) is 5.68. The maximum atomic E-state index is 6.20. The third-order valence-electron chi connectivity index (χ3n) is 5.68. The third kappa shape index (κ3) is 4.79. The summed E-state index contributed by atoms with van der Waals surface area (Å²) in [6, 6.07) is 5.97. The minimum Gasteiger partial charge on any atom is -0.404 e. The number of aliphatic imine (C=N–C) groups is 1. The van der Waals surface area contributed by atoms with Gasteiger partial charge in [-0.05, 0) is 32.0 Å². The zero-order valence-corrected chi connectivity index (χ0v) is 19.0. The fraction of sp³-hybridized carbons (Fsp3) is 0.391. The molecule has 0 saturated carbocycles. The van der Waals surface area contributed by atoms with E-state index in [0.29, 0.717) is 24.2 Å². The predicted octanol–water partition coefficient (Wildman–Crippen LogP) is 2.40. The average Bonchev–Trinajstić information content (AvgIpc) is 3.33. The highest BCUT2D eigenvalue weighted by Gasteiger charge is 2.28. The lowest BCUT2D eigenvalue weighted by atomic mass is 10.0. The van der Waals surface area contributed by atoms with E-state index < -0.39 is 0 Å². The van der Waals surface area contributed by atoms with Gasteiger partial charge in [-0.15, -0.1) is 0 Å². The number of hydrogen-bond acceptors (Lipinski definition) is 8. The topological polar surface area (TPSA) is 106 Å². The van der Waals surface area contributed by atoms with E-state index in [0.717, 1.165) is 41.1 Å².